The second-order valence-corrected chi connectivity index (χ2v) is 6.31. The van der Waals surface area contributed by atoms with E-state index in [2.05, 4.69) is 5.32 Å². The van der Waals surface area contributed by atoms with Crippen LogP contribution >= 0.6 is 0 Å². The Hall–Kier alpha value is -3.02. The van der Waals surface area contributed by atoms with Crippen LogP contribution in [-0.2, 0) is 25.3 Å². The molecule has 6 heteroatoms. The zero-order valence-corrected chi connectivity index (χ0v) is 15.4. The number of hydrogen-bond acceptors (Lipinski definition) is 3. The average molecular weight is 353 g/mol. The molecule has 2 aromatic carbocycles. The zero-order valence-electron chi connectivity index (χ0n) is 15.4. The Morgan fingerprint density at radius 2 is 1.81 bits per heavy atom. The minimum absolute atomic E-state index is 0.101. The van der Waals surface area contributed by atoms with E-state index in [1.807, 2.05) is 37.3 Å². The van der Waals surface area contributed by atoms with Gasteiger partial charge in [0.25, 0.3) is 5.91 Å². The van der Waals surface area contributed by atoms with Crippen LogP contribution in [-0.4, -0.2) is 21.1 Å². The molecule has 6 nitrogen and oxygen atoms in total. The van der Waals surface area contributed by atoms with Gasteiger partial charge in [0.2, 0.25) is 0 Å². The van der Waals surface area contributed by atoms with Crippen LogP contribution in [0.2, 0.25) is 0 Å². The Labute approximate surface area is 152 Å². The number of para-hydroxylation sites is 1. The number of nitrogens with one attached hydrogen (secondary N) is 1. The molecule has 1 atom stereocenters. The van der Waals surface area contributed by atoms with E-state index >= 15 is 0 Å². The fraction of sp³-hybridized carbons (Fsp3) is 0.300. The molecule has 3 aromatic rings. The predicted molar refractivity (Wildman–Crippen MR) is 103 cm³/mol. The highest BCUT2D eigenvalue weighted by Gasteiger charge is 2.17. The first kappa shape index (κ1) is 17.8. The lowest BCUT2D eigenvalue weighted by molar-refractivity contribution is -0.122. The van der Waals surface area contributed by atoms with E-state index < -0.39 is 6.10 Å². The minimum Gasteiger partial charge on any atom is -0.481 e. The van der Waals surface area contributed by atoms with Crippen LogP contribution in [0.15, 0.2) is 47.3 Å². The van der Waals surface area contributed by atoms with Gasteiger partial charge in [0, 0.05) is 19.8 Å². The summed E-state index contributed by atoms with van der Waals surface area (Å²) in [6, 6.07) is 13.1. The third-order valence-electron chi connectivity index (χ3n) is 4.57. The molecular formula is C20H23N3O3. The maximum Gasteiger partial charge on any atom is 0.328 e. The number of benzene rings is 2. The second kappa shape index (κ2) is 7.07. The van der Waals surface area contributed by atoms with Crippen LogP contribution in [0, 0.1) is 0 Å². The Morgan fingerprint density at radius 3 is 2.54 bits per heavy atom. The van der Waals surface area contributed by atoms with E-state index in [0.717, 1.165) is 28.8 Å². The van der Waals surface area contributed by atoms with Crippen LogP contribution in [0.4, 0.5) is 5.69 Å². The van der Waals surface area contributed by atoms with Crippen molar-refractivity contribution >= 4 is 22.6 Å². The number of imidazole rings is 1. The number of fused-ring (bicyclic) bond motifs is 1. The van der Waals surface area contributed by atoms with Crippen molar-refractivity contribution in [2.75, 3.05) is 5.32 Å². The van der Waals surface area contributed by atoms with E-state index in [1.54, 1.807) is 42.3 Å². The molecule has 3 rings (SSSR count). The van der Waals surface area contributed by atoms with Crippen molar-refractivity contribution in [3.63, 3.8) is 0 Å². The van der Waals surface area contributed by atoms with E-state index in [0.29, 0.717) is 5.69 Å². The molecule has 0 saturated heterocycles. The standard InChI is InChI=1S/C20H23N3O3/c1-5-14-8-6-7-9-18(14)26-13(2)19(24)21-15-10-11-16-17(12-15)23(4)20(25)22(16)3/h6-13H,5H2,1-4H3,(H,21,24)/t13-/m1/s1. The molecule has 0 aliphatic rings. The van der Waals surface area contributed by atoms with Crippen molar-refractivity contribution in [3.8, 4) is 5.75 Å². The summed E-state index contributed by atoms with van der Waals surface area (Å²) in [7, 11) is 3.44. The Kier molecular flexibility index (Phi) is 4.84. The Morgan fingerprint density at radius 1 is 1.12 bits per heavy atom. The first-order valence-electron chi connectivity index (χ1n) is 8.63. The van der Waals surface area contributed by atoms with Gasteiger partial charge in [-0.25, -0.2) is 4.79 Å². The maximum atomic E-state index is 12.5. The number of hydrogen-bond donors (Lipinski definition) is 1. The van der Waals surface area contributed by atoms with Gasteiger partial charge in [-0.3, -0.25) is 13.9 Å². The maximum absolute atomic E-state index is 12.5. The lowest BCUT2D eigenvalue weighted by Crippen LogP contribution is -2.30. The average Bonchev–Trinajstić information content (AvgIpc) is 2.86. The summed E-state index contributed by atoms with van der Waals surface area (Å²) in [5, 5.41) is 2.86. The van der Waals surface area contributed by atoms with Crippen molar-refractivity contribution in [2.45, 2.75) is 26.4 Å². The number of anilines is 1. The largest absolute Gasteiger partial charge is 0.481 e. The van der Waals surface area contributed by atoms with E-state index in [-0.39, 0.29) is 11.6 Å². The van der Waals surface area contributed by atoms with Gasteiger partial charge in [0.1, 0.15) is 5.75 Å². The molecule has 0 radical (unpaired) electrons. The molecule has 0 aliphatic carbocycles. The van der Waals surface area contributed by atoms with Crippen molar-refractivity contribution in [2.24, 2.45) is 14.1 Å². The molecule has 136 valence electrons. The third kappa shape index (κ3) is 3.22. The number of nitrogens with zero attached hydrogens (tertiary/aromatic N) is 2. The van der Waals surface area contributed by atoms with Crippen molar-refractivity contribution < 1.29 is 9.53 Å². The molecule has 0 bridgehead atoms. The number of amides is 1. The Balaban J connectivity index is 1.78. The molecule has 0 spiro atoms. The van der Waals surface area contributed by atoms with Gasteiger partial charge in [-0.15, -0.1) is 0 Å². The molecule has 0 aliphatic heterocycles. The molecular weight excluding hydrogens is 330 g/mol. The summed E-state index contributed by atoms with van der Waals surface area (Å²) in [6.45, 7) is 3.77. The van der Waals surface area contributed by atoms with Gasteiger partial charge in [0.05, 0.1) is 11.0 Å². The lowest BCUT2D eigenvalue weighted by Gasteiger charge is -2.17. The van der Waals surface area contributed by atoms with E-state index in [1.165, 1.54) is 0 Å². The molecule has 0 saturated carbocycles. The molecule has 1 amide bonds. The zero-order chi connectivity index (χ0) is 18.8. The first-order valence-corrected chi connectivity index (χ1v) is 8.63. The normalized spacial score (nSPS) is 12.2. The second-order valence-electron chi connectivity index (χ2n) is 6.31. The quantitative estimate of drug-likeness (QED) is 0.767. The monoisotopic (exact) mass is 353 g/mol. The van der Waals surface area contributed by atoms with Gasteiger partial charge in [-0.1, -0.05) is 25.1 Å². The van der Waals surface area contributed by atoms with Gasteiger partial charge in [-0.2, -0.15) is 0 Å². The minimum atomic E-state index is -0.641. The van der Waals surface area contributed by atoms with Crippen molar-refractivity contribution in [1.82, 2.24) is 9.13 Å². The first-order chi connectivity index (χ1) is 12.4. The lowest BCUT2D eigenvalue weighted by atomic mass is 10.1. The van der Waals surface area contributed by atoms with Gasteiger partial charge in [-0.05, 0) is 43.2 Å². The molecule has 0 fully saturated rings. The molecule has 26 heavy (non-hydrogen) atoms. The molecule has 1 aromatic heterocycles. The summed E-state index contributed by atoms with van der Waals surface area (Å²) in [4.78, 5) is 24.5. The number of carbonyl (C=O) groups excluding carboxylic acids is 1. The summed E-state index contributed by atoms with van der Waals surface area (Å²) >= 11 is 0. The van der Waals surface area contributed by atoms with Crippen LogP contribution in [0.5, 0.6) is 5.75 Å². The van der Waals surface area contributed by atoms with Crippen molar-refractivity contribution in [3.05, 3.63) is 58.5 Å². The smallest absolute Gasteiger partial charge is 0.328 e. The summed E-state index contributed by atoms with van der Waals surface area (Å²) in [5.41, 5.74) is 3.17. The number of aromatic nitrogens is 2. The fourth-order valence-electron chi connectivity index (χ4n) is 2.98. The van der Waals surface area contributed by atoms with Crippen LogP contribution in [0.25, 0.3) is 11.0 Å². The van der Waals surface area contributed by atoms with Gasteiger partial charge < -0.3 is 10.1 Å². The highest BCUT2D eigenvalue weighted by molar-refractivity contribution is 5.95. The topological polar surface area (TPSA) is 65.3 Å². The highest BCUT2D eigenvalue weighted by atomic mass is 16.5. The van der Waals surface area contributed by atoms with Crippen molar-refractivity contribution in [1.29, 1.82) is 0 Å². The molecule has 0 unspecified atom stereocenters. The van der Waals surface area contributed by atoms with Gasteiger partial charge >= 0.3 is 5.69 Å². The SMILES string of the molecule is CCc1ccccc1O[C@H](C)C(=O)Nc1ccc2c(c1)n(C)c(=O)n2C. The number of aryl methyl sites for hydroxylation is 3. The number of rotatable bonds is 5. The van der Waals surface area contributed by atoms with E-state index in [4.69, 9.17) is 4.74 Å². The fourth-order valence-corrected chi connectivity index (χ4v) is 2.98. The third-order valence-corrected chi connectivity index (χ3v) is 4.57. The van der Waals surface area contributed by atoms with E-state index in [9.17, 15) is 9.59 Å². The summed E-state index contributed by atoms with van der Waals surface area (Å²) in [5.74, 6) is 0.481. The summed E-state index contributed by atoms with van der Waals surface area (Å²) < 4.78 is 8.97. The van der Waals surface area contributed by atoms with Gasteiger partial charge in [0.15, 0.2) is 6.10 Å². The molecule has 1 heterocycles. The highest BCUT2D eigenvalue weighted by Crippen LogP contribution is 2.21. The number of ether oxygens (including phenoxy) is 1. The van der Waals surface area contributed by atoms with Crippen LogP contribution < -0.4 is 15.7 Å². The number of carbonyl (C=O) groups is 1. The predicted octanol–water partition coefficient (Wildman–Crippen LogP) is 2.85. The van der Waals surface area contributed by atoms with Crippen LogP contribution in [0.1, 0.15) is 19.4 Å². The van der Waals surface area contributed by atoms with Crippen LogP contribution in [0.3, 0.4) is 0 Å². The summed E-state index contributed by atoms with van der Waals surface area (Å²) in [6.07, 6.45) is 0.196. The molecule has 1 N–H and O–H groups in total. The Bertz CT molecular complexity index is 1020.